The van der Waals surface area contributed by atoms with E-state index in [9.17, 15) is 0 Å². The minimum atomic E-state index is 0.380. The maximum absolute atomic E-state index is 6.01. The Hall–Kier alpha value is -0.0500. The number of nitrogens with one attached hydrogen (secondary N) is 1. The third-order valence-electron chi connectivity index (χ3n) is 2.86. The van der Waals surface area contributed by atoms with Crippen LogP contribution in [0.1, 0.15) is 31.7 Å². The molecule has 1 saturated carbocycles. The van der Waals surface area contributed by atoms with Crippen LogP contribution in [0.2, 0.25) is 4.34 Å². The molecule has 0 bridgehead atoms. The highest BCUT2D eigenvalue weighted by molar-refractivity contribution is 7.14. The van der Waals surface area contributed by atoms with Gasteiger partial charge >= 0.3 is 0 Å². The van der Waals surface area contributed by atoms with E-state index in [0.29, 0.717) is 5.54 Å². The minimum absolute atomic E-state index is 0.380. The molecule has 1 fully saturated rings. The molecule has 0 atom stereocenters. The van der Waals surface area contributed by atoms with Crippen LogP contribution in [-0.2, 0) is 6.54 Å². The van der Waals surface area contributed by atoms with Crippen LogP contribution in [0.4, 0.5) is 0 Å². The lowest BCUT2D eigenvalue weighted by molar-refractivity contribution is 0.207. The maximum atomic E-state index is 6.01. The molecule has 0 amide bonds. The van der Waals surface area contributed by atoms with Gasteiger partial charge in [-0.1, -0.05) is 11.6 Å². The highest BCUT2D eigenvalue weighted by Crippen LogP contribution is 2.32. The van der Waals surface area contributed by atoms with E-state index in [4.69, 9.17) is 11.6 Å². The van der Waals surface area contributed by atoms with E-state index in [1.54, 1.807) is 11.3 Å². The summed E-state index contributed by atoms with van der Waals surface area (Å²) in [4.78, 5) is 0. The summed E-state index contributed by atoms with van der Waals surface area (Å²) in [5.74, 6) is 0. The normalized spacial score (nSPS) is 19.8. The van der Waals surface area contributed by atoms with Crippen LogP contribution in [-0.4, -0.2) is 5.54 Å². The third kappa shape index (κ3) is 2.06. The van der Waals surface area contributed by atoms with Crippen LogP contribution in [0.25, 0.3) is 0 Å². The number of halogens is 1. The van der Waals surface area contributed by atoms with E-state index in [-0.39, 0.29) is 0 Å². The zero-order valence-corrected chi connectivity index (χ0v) is 9.34. The fraction of sp³-hybridized carbons (Fsp3) is 0.600. The molecule has 0 unspecified atom stereocenters. The Kier molecular flexibility index (Phi) is 2.63. The summed E-state index contributed by atoms with van der Waals surface area (Å²) in [6.07, 6.45) is 3.96. The molecular weight excluding hydrogens is 202 g/mol. The summed E-state index contributed by atoms with van der Waals surface area (Å²) in [6, 6.07) is 2.10. The predicted octanol–water partition coefficient (Wildman–Crippen LogP) is 3.43. The Labute approximate surface area is 88.1 Å². The van der Waals surface area contributed by atoms with Crippen molar-refractivity contribution in [2.24, 2.45) is 0 Å². The van der Waals surface area contributed by atoms with E-state index in [0.717, 1.165) is 10.9 Å². The second-order valence-corrected chi connectivity index (χ2v) is 5.51. The lowest BCUT2D eigenvalue weighted by Gasteiger charge is -2.39. The van der Waals surface area contributed by atoms with Crippen LogP contribution in [0.15, 0.2) is 11.4 Å². The van der Waals surface area contributed by atoms with Crippen molar-refractivity contribution in [3.63, 3.8) is 0 Å². The molecule has 0 radical (unpaired) electrons. The van der Waals surface area contributed by atoms with Crippen LogP contribution >= 0.6 is 22.9 Å². The van der Waals surface area contributed by atoms with Crippen molar-refractivity contribution >= 4 is 22.9 Å². The summed E-state index contributed by atoms with van der Waals surface area (Å²) >= 11 is 7.61. The molecule has 1 aromatic heterocycles. The fourth-order valence-electron chi connectivity index (χ4n) is 1.64. The summed E-state index contributed by atoms with van der Waals surface area (Å²) < 4.78 is 0.926. The lowest BCUT2D eigenvalue weighted by atomic mass is 9.78. The first-order valence-corrected chi connectivity index (χ1v) is 5.92. The Morgan fingerprint density at radius 3 is 2.85 bits per heavy atom. The van der Waals surface area contributed by atoms with Crippen molar-refractivity contribution in [3.05, 3.63) is 21.3 Å². The van der Waals surface area contributed by atoms with E-state index in [1.807, 2.05) is 5.38 Å². The number of thiophene rings is 1. The van der Waals surface area contributed by atoms with Crippen LogP contribution in [0, 0.1) is 0 Å². The molecule has 1 aliphatic rings. The topological polar surface area (TPSA) is 12.0 Å². The van der Waals surface area contributed by atoms with E-state index < -0.39 is 0 Å². The highest BCUT2D eigenvalue weighted by Gasteiger charge is 2.30. The first-order chi connectivity index (χ1) is 6.20. The van der Waals surface area contributed by atoms with Crippen molar-refractivity contribution in [2.45, 2.75) is 38.3 Å². The van der Waals surface area contributed by atoms with Crippen molar-refractivity contribution in [3.8, 4) is 0 Å². The monoisotopic (exact) mass is 215 g/mol. The Balaban J connectivity index is 1.89. The standard InChI is InChI=1S/C10H14ClNS/c1-10(4-2-5-10)12-7-8-3-6-13-9(8)11/h3,6,12H,2,4-5,7H2,1H3. The first-order valence-electron chi connectivity index (χ1n) is 4.67. The van der Waals surface area contributed by atoms with Gasteiger partial charge in [-0.25, -0.2) is 0 Å². The molecule has 1 aliphatic carbocycles. The van der Waals surface area contributed by atoms with Crippen molar-refractivity contribution < 1.29 is 0 Å². The summed E-state index contributed by atoms with van der Waals surface area (Å²) in [6.45, 7) is 3.20. The largest absolute Gasteiger partial charge is 0.307 e. The van der Waals surface area contributed by atoms with Crippen molar-refractivity contribution in [1.29, 1.82) is 0 Å². The average molecular weight is 216 g/mol. The molecule has 2 rings (SSSR count). The van der Waals surface area contributed by atoms with Gasteiger partial charge in [0.15, 0.2) is 0 Å². The number of hydrogen-bond donors (Lipinski definition) is 1. The second-order valence-electron chi connectivity index (χ2n) is 3.99. The van der Waals surface area contributed by atoms with Gasteiger partial charge in [0.1, 0.15) is 0 Å². The quantitative estimate of drug-likeness (QED) is 0.815. The molecule has 72 valence electrons. The summed E-state index contributed by atoms with van der Waals surface area (Å²) in [5, 5.41) is 5.61. The Morgan fingerprint density at radius 2 is 2.38 bits per heavy atom. The second kappa shape index (κ2) is 3.60. The zero-order valence-electron chi connectivity index (χ0n) is 7.77. The molecule has 13 heavy (non-hydrogen) atoms. The lowest BCUT2D eigenvalue weighted by Crippen LogP contribution is -2.47. The summed E-state index contributed by atoms with van der Waals surface area (Å²) in [7, 11) is 0. The number of hydrogen-bond acceptors (Lipinski definition) is 2. The van der Waals surface area contributed by atoms with Crippen molar-refractivity contribution in [1.82, 2.24) is 5.32 Å². The molecule has 0 saturated heterocycles. The van der Waals surface area contributed by atoms with Crippen LogP contribution < -0.4 is 5.32 Å². The SMILES string of the molecule is CC1(NCc2ccsc2Cl)CCC1. The van der Waals surface area contributed by atoms with Gasteiger partial charge in [0.05, 0.1) is 4.34 Å². The van der Waals surface area contributed by atoms with E-state index in [1.165, 1.54) is 24.8 Å². The highest BCUT2D eigenvalue weighted by atomic mass is 35.5. The molecule has 3 heteroatoms. The minimum Gasteiger partial charge on any atom is -0.307 e. The van der Waals surface area contributed by atoms with Crippen LogP contribution in [0.3, 0.4) is 0 Å². The molecule has 0 aromatic carbocycles. The predicted molar refractivity (Wildman–Crippen MR) is 58.4 cm³/mol. The average Bonchev–Trinajstić information content (AvgIpc) is 2.44. The fourth-order valence-corrected chi connectivity index (χ4v) is 2.57. The van der Waals surface area contributed by atoms with Gasteiger partial charge in [-0.2, -0.15) is 0 Å². The molecule has 0 aliphatic heterocycles. The van der Waals surface area contributed by atoms with Gasteiger partial charge in [0.25, 0.3) is 0 Å². The van der Waals surface area contributed by atoms with Gasteiger partial charge in [0, 0.05) is 12.1 Å². The molecule has 1 aromatic rings. The molecule has 1 heterocycles. The molecular formula is C10H14ClNS. The number of rotatable bonds is 3. The smallest absolute Gasteiger partial charge is 0.0973 e. The third-order valence-corrected chi connectivity index (χ3v) is 4.11. The van der Waals surface area contributed by atoms with Crippen molar-refractivity contribution in [2.75, 3.05) is 0 Å². The molecule has 1 nitrogen and oxygen atoms in total. The van der Waals surface area contributed by atoms with Gasteiger partial charge in [0.2, 0.25) is 0 Å². The van der Waals surface area contributed by atoms with Gasteiger partial charge in [-0.15, -0.1) is 11.3 Å². The van der Waals surface area contributed by atoms with E-state index in [2.05, 4.69) is 18.3 Å². The summed E-state index contributed by atoms with van der Waals surface area (Å²) in [5.41, 5.74) is 1.62. The van der Waals surface area contributed by atoms with Gasteiger partial charge < -0.3 is 5.32 Å². The zero-order chi connectivity index (χ0) is 9.31. The van der Waals surface area contributed by atoms with Gasteiger partial charge in [-0.05, 0) is 43.2 Å². The van der Waals surface area contributed by atoms with Crippen LogP contribution in [0.5, 0.6) is 0 Å². The molecule has 1 N–H and O–H groups in total. The maximum Gasteiger partial charge on any atom is 0.0973 e. The Bertz CT molecular complexity index is 291. The van der Waals surface area contributed by atoms with Gasteiger partial charge in [-0.3, -0.25) is 0 Å². The Morgan fingerprint density at radius 1 is 1.62 bits per heavy atom. The first kappa shape index (κ1) is 9.50. The molecule has 0 spiro atoms. The van der Waals surface area contributed by atoms with E-state index >= 15 is 0 Å².